The van der Waals surface area contributed by atoms with Crippen molar-refractivity contribution in [3.05, 3.63) is 0 Å². The summed E-state index contributed by atoms with van der Waals surface area (Å²) in [6.45, 7) is 12.0. The predicted octanol–water partition coefficient (Wildman–Crippen LogP) is 3.18. The van der Waals surface area contributed by atoms with Crippen molar-refractivity contribution in [1.29, 1.82) is 0 Å². The normalized spacial score (nSPS) is 31.3. The maximum atomic E-state index is 3.84. The molecule has 1 saturated heterocycles. The van der Waals surface area contributed by atoms with Gasteiger partial charge in [-0.2, -0.15) is 0 Å². The fourth-order valence-electron chi connectivity index (χ4n) is 3.97. The number of hydrogen-bond acceptors (Lipinski definition) is 2. The van der Waals surface area contributed by atoms with Crippen LogP contribution in [0.5, 0.6) is 0 Å². The fourth-order valence-corrected chi connectivity index (χ4v) is 3.97. The number of nitrogens with one attached hydrogen (secondary N) is 2. The summed E-state index contributed by atoms with van der Waals surface area (Å²) >= 11 is 0. The van der Waals surface area contributed by atoms with Crippen LogP contribution in [0.3, 0.4) is 0 Å². The van der Waals surface area contributed by atoms with Gasteiger partial charge in [-0.15, -0.1) is 0 Å². The summed E-state index contributed by atoms with van der Waals surface area (Å²) in [5.41, 5.74) is 1.14. The van der Waals surface area contributed by atoms with Gasteiger partial charge in [0.1, 0.15) is 0 Å². The first-order valence-electron chi connectivity index (χ1n) is 8.04. The lowest BCUT2D eigenvalue weighted by molar-refractivity contribution is 0.186. The Labute approximate surface area is 113 Å². The first-order valence-corrected chi connectivity index (χ1v) is 8.04. The van der Waals surface area contributed by atoms with Gasteiger partial charge in [0.2, 0.25) is 0 Å². The summed E-state index contributed by atoms with van der Waals surface area (Å²) < 4.78 is 0. The average Bonchev–Trinajstić information content (AvgIpc) is 2.99. The molecule has 0 aromatic rings. The van der Waals surface area contributed by atoms with E-state index in [4.69, 9.17) is 0 Å². The molecule has 0 amide bonds. The van der Waals surface area contributed by atoms with Crippen LogP contribution in [-0.2, 0) is 0 Å². The third kappa shape index (κ3) is 2.91. The maximum absolute atomic E-state index is 3.84. The van der Waals surface area contributed by atoms with Crippen LogP contribution in [0.15, 0.2) is 0 Å². The standard InChI is InChI=1S/C16H32N2/c1-4-15(7-5-6-8-15)11-18-13-16(14(2)3)9-10-17-12-16/h14,17-18H,4-13H2,1-3H3. The van der Waals surface area contributed by atoms with E-state index in [0.29, 0.717) is 10.8 Å². The summed E-state index contributed by atoms with van der Waals surface area (Å²) in [6.07, 6.45) is 8.50. The van der Waals surface area contributed by atoms with Crippen molar-refractivity contribution in [2.75, 3.05) is 26.2 Å². The summed E-state index contributed by atoms with van der Waals surface area (Å²) in [4.78, 5) is 0. The fraction of sp³-hybridized carbons (Fsp3) is 1.00. The topological polar surface area (TPSA) is 24.1 Å². The molecule has 1 heterocycles. The Hall–Kier alpha value is -0.0800. The Bertz CT molecular complexity index is 248. The Morgan fingerprint density at radius 1 is 1.11 bits per heavy atom. The van der Waals surface area contributed by atoms with E-state index in [9.17, 15) is 0 Å². The SMILES string of the molecule is CCC1(CNCC2(C(C)C)CCNC2)CCCC1. The summed E-state index contributed by atoms with van der Waals surface area (Å²) in [6, 6.07) is 0. The molecule has 2 heteroatoms. The lowest BCUT2D eigenvalue weighted by atomic mass is 9.76. The maximum Gasteiger partial charge on any atom is 0.00232 e. The van der Waals surface area contributed by atoms with Crippen LogP contribution in [0.1, 0.15) is 59.3 Å². The highest BCUT2D eigenvalue weighted by molar-refractivity contribution is 4.93. The van der Waals surface area contributed by atoms with E-state index in [2.05, 4.69) is 31.4 Å². The van der Waals surface area contributed by atoms with E-state index in [-0.39, 0.29) is 0 Å². The minimum Gasteiger partial charge on any atom is -0.316 e. The number of hydrogen-bond donors (Lipinski definition) is 2. The van der Waals surface area contributed by atoms with Gasteiger partial charge in [0.25, 0.3) is 0 Å². The zero-order valence-electron chi connectivity index (χ0n) is 12.6. The summed E-state index contributed by atoms with van der Waals surface area (Å²) in [5.74, 6) is 0.779. The molecule has 1 saturated carbocycles. The zero-order chi connectivity index (χ0) is 13.1. The molecule has 18 heavy (non-hydrogen) atoms. The molecular weight excluding hydrogens is 220 g/mol. The van der Waals surface area contributed by atoms with Gasteiger partial charge in [-0.25, -0.2) is 0 Å². The van der Waals surface area contributed by atoms with Crippen molar-refractivity contribution in [2.45, 2.75) is 59.3 Å². The minimum atomic E-state index is 0.507. The van der Waals surface area contributed by atoms with Crippen molar-refractivity contribution in [1.82, 2.24) is 10.6 Å². The smallest absolute Gasteiger partial charge is 0.00232 e. The Morgan fingerprint density at radius 2 is 1.83 bits per heavy atom. The molecule has 1 aliphatic carbocycles. The van der Waals surface area contributed by atoms with Crippen LogP contribution in [0.25, 0.3) is 0 Å². The van der Waals surface area contributed by atoms with Crippen LogP contribution in [0, 0.1) is 16.7 Å². The van der Waals surface area contributed by atoms with Gasteiger partial charge in [0, 0.05) is 19.6 Å². The highest BCUT2D eigenvalue weighted by atomic mass is 15.0. The van der Waals surface area contributed by atoms with Gasteiger partial charge in [-0.3, -0.25) is 0 Å². The molecule has 2 nitrogen and oxygen atoms in total. The third-order valence-electron chi connectivity index (χ3n) is 5.89. The first kappa shape index (κ1) is 14.3. The van der Waals surface area contributed by atoms with E-state index in [1.165, 1.54) is 64.7 Å². The van der Waals surface area contributed by atoms with Crippen molar-refractivity contribution < 1.29 is 0 Å². The van der Waals surface area contributed by atoms with Crippen LogP contribution < -0.4 is 10.6 Å². The molecule has 1 atom stereocenters. The first-order chi connectivity index (χ1) is 8.63. The second kappa shape index (κ2) is 5.92. The van der Waals surface area contributed by atoms with Gasteiger partial charge >= 0.3 is 0 Å². The second-order valence-corrected chi connectivity index (χ2v) is 7.11. The number of rotatable bonds is 6. The molecule has 2 fully saturated rings. The lowest BCUT2D eigenvalue weighted by Gasteiger charge is -2.35. The minimum absolute atomic E-state index is 0.507. The molecule has 1 aliphatic heterocycles. The van der Waals surface area contributed by atoms with Crippen LogP contribution in [-0.4, -0.2) is 26.2 Å². The molecule has 0 aromatic heterocycles. The van der Waals surface area contributed by atoms with Gasteiger partial charge in [-0.05, 0) is 49.0 Å². The van der Waals surface area contributed by atoms with Crippen molar-refractivity contribution >= 4 is 0 Å². The van der Waals surface area contributed by atoms with E-state index in [1.54, 1.807) is 0 Å². The highest BCUT2D eigenvalue weighted by Gasteiger charge is 2.38. The van der Waals surface area contributed by atoms with Crippen LogP contribution >= 0.6 is 0 Å². The Balaban J connectivity index is 1.83. The zero-order valence-corrected chi connectivity index (χ0v) is 12.6. The van der Waals surface area contributed by atoms with E-state index in [1.807, 2.05) is 0 Å². The Morgan fingerprint density at radius 3 is 2.33 bits per heavy atom. The van der Waals surface area contributed by atoms with Gasteiger partial charge in [0.15, 0.2) is 0 Å². The average molecular weight is 252 g/mol. The van der Waals surface area contributed by atoms with E-state index in [0.717, 1.165) is 5.92 Å². The Kier molecular flexibility index (Phi) is 4.71. The molecular formula is C16H32N2. The van der Waals surface area contributed by atoms with E-state index >= 15 is 0 Å². The molecule has 2 rings (SSSR count). The molecule has 0 bridgehead atoms. The van der Waals surface area contributed by atoms with Gasteiger partial charge in [-0.1, -0.05) is 33.6 Å². The van der Waals surface area contributed by atoms with Crippen molar-refractivity contribution in [3.8, 4) is 0 Å². The molecule has 1 unspecified atom stereocenters. The molecule has 2 N–H and O–H groups in total. The summed E-state index contributed by atoms with van der Waals surface area (Å²) in [7, 11) is 0. The van der Waals surface area contributed by atoms with Crippen LogP contribution in [0.2, 0.25) is 0 Å². The quantitative estimate of drug-likeness (QED) is 0.758. The van der Waals surface area contributed by atoms with E-state index < -0.39 is 0 Å². The predicted molar refractivity (Wildman–Crippen MR) is 78.8 cm³/mol. The molecule has 106 valence electrons. The molecule has 0 aromatic carbocycles. The van der Waals surface area contributed by atoms with Gasteiger partial charge in [0.05, 0.1) is 0 Å². The lowest BCUT2D eigenvalue weighted by Crippen LogP contribution is -2.43. The molecule has 0 radical (unpaired) electrons. The van der Waals surface area contributed by atoms with Crippen molar-refractivity contribution in [2.24, 2.45) is 16.7 Å². The molecule has 2 aliphatic rings. The second-order valence-electron chi connectivity index (χ2n) is 7.11. The largest absolute Gasteiger partial charge is 0.316 e. The third-order valence-corrected chi connectivity index (χ3v) is 5.89. The van der Waals surface area contributed by atoms with Crippen molar-refractivity contribution in [3.63, 3.8) is 0 Å². The monoisotopic (exact) mass is 252 g/mol. The molecule has 0 spiro atoms. The van der Waals surface area contributed by atoms with Crippen LogP contribution in [0.4, 0.5) is 0 Å². The van der Waals surface area contributed by atoms with Gasteiger partial charge < -0.3 is 10.6 Å². The summed E-state index contributed by atoms with van der Waals surface area (Å²) in [5, 5.41) is 7.40. The highest BCUT2D eigenvalue weighted by Crippen LogP contribution is 2.41.